The van der Waals surface area contributed by atoms with Crippen LogP contribution in [0.25, 0.3) is 0 Å². The van der Waals surface area contributed by atoms with Crippen LogP contribution in [0.1, 0.15) is 51.0 Å². The number of esters is 1. The Kier molecular flexibility index (Phi) is 8.22. The predicted octanol–water partition coefficient (Wildman–Crippen LogP) is 3.15. The lowest BCUT2D eigenvalue weighted by Crippen LogP contribution is -2.37. The molecule has 2 N–H and O–H groups in total. The SMILES string of the molecule is CCNC(=NCc1ccc(F)cc1)NCCCC(=O)OC1CCCC1. The molecule has 0 heterocycles. The number of rotatable bonds is 8. The molecule has 1 aromatic carbocycles. The molecule has 0 radical (unpaired) electrons. The molecule has 1 aliphatic carbocycles. The van der Waals surface area contributed by atoms with E-state index >= 15 is 0 Å². The number of hydrogen-bond donors (Lipinski definition) is 2. The summed E-state index contributed by atoms with van der Waals surface area (Å²) in [5, 5.41) is 6.37. The van der Waals surface area contributed by atoms with Crippen LogP contribution in [-0.2, 0) is 16.1 Å². The highest BCUT2D eigenvalue weighted by molar-refractivity contribution is 5.79. The van der Waals surface area contributed by atoms with Crippen molar-refractivity contribution >= 4 is 11.9 Å². The van der Waals surface area contributed by atoms with Gasteiger partial charge in [-0.25, -0.2) is 9.38 Å². The molecule has 0 aliphatic heterocycles. The molecule has 0 spiro atoms. The van der Waals surface area contributed by atoms with E-state index in [0.717, 1.165) is 37.8 Å². The van der Waals surface area contributed by atoms with Gasteiger partial charge < -0.3 is 15.4 Å². The number of carbonyl (C=O) groups excluding carboxylic acids is 1. The maximum absolute atomic E-state index is 12.9. The Bertz CT molecular complexity index is 554. The van der Waals surface area contributed by atoms with E-state index in [2.05, 4.69) is 15.6 Å². The van der Waals surface area contributed by atoms with Crippen LogP contribution in [0.4, 0.5) is 4.39 Å². The molecule has 0 saturated heterocycles. The van der Waals surface area contributed by atoms with E-state index in [4.69, 9.17) is 4.74 Å². The number of guanidine groups is 1. The molecule has 0 amide bonds. The van der Waals surface area contributed by atoms with Crippen molar-refractivity contribution in [2.75, 3.05) is 13.1 Å². The Hall–Kier alpha value is -2.11. The van der Waals surface area contributed by atoms with E-state index in [1.807, 2.05) is 6.92 Å². The number of benzene rings is 1. The third-order valence-electron chi connectivity index (χ3n) is 4.13. The third kappa shape index (κ3) is 7.54. The summed E-state index contributed by atoms with van der Waals surface area (Å²) in [5.74, 6) is 0.334. The van der Waals surface area contributed by atoms with Gasteiger partial charge in [-0.15, -0.1) is 0 Å². The highest BCUT2D eigenvalue weighted by atomic mass is 19.1. The molecule has 25 heavy (non-hydrogen) atoms. The van der Waals surface area contributed by atoms with Gasteiger partial charge >= 0.3 is 5.97 Å². The number of aliphatic imine (C=N–C) groups is 1. The molecule has 0 unspecified atom stereocenters. The van der Waals surface area contributed by atoms with Gasteiger partial charge in [-0.1, -0.05) is 12.1 Å². The topological polar surface area (TPSA) is 62.7 Å². The van der Waals surface area contributed by atoms with Gasteiger partial charge in [-0.05, 0) is 56.7 Å². The molecule has 6 heteroatoms. The first-order valence-electron chi connectivity index (χ1n) is 9.13. The van der Waals surface area contributed by atoms with Gasteiger partial charge in [0, 0.05) is 19.5 Å². The molecule has 0 bridgehead atoms. The number of hydrogen-bond acceptors (Lipinski definition) is 3. The van der Waals surface area contributed by atoms with Crippen LogP contribution >= 0.6 is 0 Å². The van der Waals surface area contributed by atoms with Crippen LogP contribution in [0.3, 0.4) is 0 Å². The summed E-state index contributed by atoms with van der Waals surface area (Å²) in [4.78, 5) is 16.3. The van der Waals surface area contributed by atoms with Crippen molar-refractivity contribution in [2.45, 2.75) is 58.1 Å². The third-order valence-corrected chi connectivity index (χ3v) is 4.13. The van der Waals surface area contributed by atoms with E-state index in [-0.39, 0.29) is 17.9 Å². The first kappa shape index (κ1) is 19.2. The monoisotopic (exact) mass is 349 g/mol. The highest BCUT2D eigenvalue weighted by Gasteiger charge is 2.18. The van der Waals surface area contributed by atoms with Crippen molar-refractivity contribution in [3.8, 4) is 0 Å². The van der Waals surface area contributed by atoms with Crippen molar-refractivity contribution in [3.63, 3.8) is 0 Å². The second-order valence-corrected chi connectivity index (χ2v) is 6.25. The molecular formula is C19H28FN3O2. The predicted molar refractivity (Wildman–Crippen MR) is 96.8 cm³/mol. The van der Waals surface area contributed by atoms with Gasteiger partial charge in [-0.2, -0.15) is 0 Å². The smallest absolute Gasteiger partial charge is 0.306 e. The minimum Gasteiger partial charge on any atom is -0.462 e. The van der Waals surface area contributed by atoms with Crippen molar-refractivity contribution < 1.29 is 13.9 Å². The van der Waals surface area contributed by atoms with E-state index < -0.39 is 0 Å². The van der Waals surface area contributed by atoms with Crippen LogP contribution < -0.4 is 10.6 Å². The maximum atomic E-state index is 12.9. The van der Waals surface area contributed by atoms with Crippen molar-refractivity contribution in [2.24, 2.45) is 4.99 Å². The van der Waals surface area contributed by atoms with Gasteiger partial charge in [0.1, 0.15) is 11.9 Å². The van der Waals surface area contributed by atoms with Crippen LogP contribution in [0.5, 0.6) is 0 Å². The zero-order chi connectivity index (χ0) is 17.9. The number of carbonyl (C=O) groups is 1. The molecule has 1 saturated carbocycles. The van der Waals surface area contributed by atoms with Crippen molar-refractivity contribution in [3.05, 3.63) is 35.6 Å². The molecule has 2 rings (SSSR count). The Labute approximate surface area is 149 Å². The normalized spacial score (nSPS) is 15.2. The van der Waals surface area contributed by atoms with E-state index in [9.17, 15) is 9.18 Å². The standard InChI is InChI=1S/C19H28FN3O2/c1-2-21-19(23-14-15-9-11-16(20)12-10-15)22-13-5-8-18(24)25-17-6-3-4-7-17/h9-12,17H,2-8,13-14H2,1H3,(H2,21,22,23). The lowest BCUT2D eigenvalue weighted by atomic mass is 10.2. The quantitative estimate of drug-likeness (QED) is 0.328. The molecule has 0 aromatic heterocycles. The van der Waals surface area contributed by atoms with Crippen molar-refractivity contribution in [1.82, 2.24) is 10.6 Å². The Morgan fingerprint density at radius 2 is 1.96 bits per heavy atom. The summed E-state index contributed by atoms with van der Waals surface area (Å²) in [7, 11) is 0. The molecule has 1 aliphatic rings. The summed E-state index contributed by atoms with van der Waals surface area (Å²) in [6.45, 7) is 3.86. The highest BCUT2D eigenvalue weighted by Crippen LogP contribution is 2.21. The zero-order valence-corrected chi connectivity index (χ0v) is 14.9. The lowest BCUT2D eigenvalue weighted by molar-refractivity contribution is -0.148. The van der Waals surface area contributed by atoms with Crippen molar-refractivity contribution in [1.29, 1.82) is 0 Å². The molecule has 5 nitrogen and oxygen atoms in total. The molecular weight excluding hydrogens is 321 g/mol. The van der Waals surface area contributed by atoms with Crippen LogP contribution in [0, 0.1) is 5.82 Å². The average Bonchev–Trinajstić information content (AvgIpc) is 3.10. The second-order valence-electron chi connectivity index (χ2n) is 6.25. The van der Waals surface area contributed by atoms with Crippen LogP contribution in [-0.4, -0.2) is 31.1 Å². The summed E-state index contributed by atoms with van der Waals surface area (Å²) in [5.41, 5.74) is 0.943. The summed E-state index contributed by atoms with van der Waals surface area (Å²) in [6, 6.07) is 6.31. The second kappa shape index (κ2) is 10.7. The number of nitrogens with one attached hydrogen (secondary N) is 2. The molecule has 0 atom stereocenters. The Morgan fingerprint density at radius 3 is 2.64 bits per heavy atom. The summed E-state index contributed by atoms with van der Waals surface area (Å²) in [6.07, 6.45) is 5.59. The fourth-order valence-corrected chi connectivity index (χ4v) is 2.79. The summed E-state index contributed by atoms with van der Waals surface area (Å²) >= 11 is 0. The molecule has 1 aromatic rings. The first-order chi connectivity index (χ1) is 12.2. The van der Waals surface area contributed by atoms with Gasteiger partial charge in [0.05, 0.1) is 6.54 Å². The fraction of sp³-hybridized carbons (Fsp3) is 0.579. The largest absolute Gasteiger partial charge is 0.462 e. The average molecular weight is 349 g/mol. The fourth-order valence-electron chi connectivity index (χ4n) is 2.79. The number of nitrogens with zero attached hydrogens (tertiary/aromatic N) is 1. The zero-order valence-electron chi connectivity index (χ0n) is 14.9. The van der Waals surface area contributed by atoms with Crippen LogP contribution in [0.15, 0.2) is 29.3 Å². The van der Waals surface area contributed by atoms with E-state index in [0.29, 0.717) is 31.9 Å². The molecule has 1 fully saturated rings. The lowest BCUT2D eigenvalue weighted by Gasteiger charge is -2.13. The summed E-state index contributed by atoms with van der Waals surface area (Å²) < 4.78 is 18.3. The minimum atomic E-state index is -0.248. The van der Waals surface area contributed by atoms with Gasteiger partial charge in [0.2, 0.25) is 0 Å². The number of ether oxygens (including phenoxy) is 1. The molecule has 138 valence electrons. The Morgan fingerprint density at radius 1 is 1.24 bits per heavy atom. The first-order valence-corrected chi connectivity index (χ1v) is 9.13. The van der Waals surface area contributed by atoms with Gasteiger partial charge in [0.15, 0.2) is 5.96 Å². The van der Waals surface area contributed by atoms with Gasteiger partial charge in [0.25, 0.3) is 0 Å². The maximum Gasteiger partial charge on any atom is 0.306 e. The minimum absolute atomic E-state index is 0.109. The van der Waals surface area contributed by atoms with Crippen LogP contribution in [0.2, 0.25) is 0 Å². The van der Waals surface area contributed by atoms with Gasteiger partial charge in [-0.3, -0.25) is 4.79 Å². The number of halogens is 1. The van der Waals surface area contributed by atoms with E-state index in [1.54, 1.807) is 12.1 Å². The van der Waals surface area contributed by atoms with E-state index in [1.165, 1.54) is 12.1 Å². The Balaban J connectivity index is 1.68.